The molecule has 6 aromatic rings. The highest BCUT2D eigenvalue weighted by molar-refractivity contribution is 7.99. The molecule has 0 aliphatic rings. The van der Waals surface area contributed by atoms with Gasteiger partial charge < -0.3 is 9.73 Å². The van der Waals surface area contributed by atoms with Gasteiger partial charge in [0.05, 0.1) is 17.0 Å². The van der Waals surface area contributed by atoms with Crippen molar-refractivity contribution in [3.63, 3.8) is 0 Å². The lowest BCUT2D eigenvalue weighted by Gasteiger charge is -2.05. The first-order chi connectivity index (χ1) is 21.5. The number of para-hydroxylation sites is 1. The second-order valence-corrected chi connectivity index (χ2v) is 10.9. The zero-order chi connectivity index (χ0) is 30.3. The summed E-state index contributed by atoms with van der Waals surface area (Å²) in [4.78, 5) is 25.2. The lowest BCUT2D eigenvalue weighted by Crippen LogP contribution is -2.14. The van der Waals surface area contributed by atoms with Crippen LogP contribution in [-0.4, -0.2) is 37.4 Å². The van der Waals surface area contributed by atoms with E-state index in [1.807, 2.05) is 98.0 Å². The molecule has 0 spiro atoms. The zero-order valence-electron chi connectivity index (χ0n) is 23.8. The number of aryl methyl sites for hydroxylation is 1. The van der Waals surface area contributed by atoms with Crippen molar-refractivity contribution in [1.82, 2.24) is 20.0 Å². The van der Waals surface area contributed by atoms with E-state index in [0.29, 0.717) is 28.4 Å². The minimum atomic E-state index is -0.241. The van der Waals surface area contributed by atoms with Crippen molar-refractivity contribution in [2.24, 2.45) is 0 Å². The fourth-order valence-corrected chi connectivity index (χ4v) is 4.98. The van der Waals surface area contributed by atoms with Crippen LogP contribution in [0.1, 0.15) is 21.5 Å². The Morgan fingerprint density at radius 2 is 1.57 bits per heavy atom. The van der Waals surface area contributed by atoms with Crippen molar-refractivity contribution in [3.05, 3.63) is 138 Å². The van der Waals surface area contributed by atoms with E-state index in [9.17, 15) is 9.59 Å². The largest absolute Gasteiger partial charge is 0.411 e. The molecule has 9 heteroatoms. The molecule has 0 radical (unpaired) electrons. The maximum atomic E-state index is 12.7. The predicted octanol–water partition coefficient (Wildman–Crippen LogP) is 7.52. The van der Waals surface area contributed by atoms with Gasteiger partial charge in [-0.15, -0.1) is 10.2 Å². The van der Waals surface area contributed by atoms with E-state index >= 15 is 0 Å². The van der Waals surface area contributed by atoms with Crippen molar-refractivity contribution in [1.29, 1.82) is 0 Å². The molecule has 216 valence electrons. The summed E-state index contributed by atoms with van der Waals surface area (Å²) in [5.41, 5.74) is 6.45. The Morgan fingerprint density at radius 1 is 0.864 bits per heavy atom. The smallest absolute Gasteiger partial charge is 0.277 e. The summed E-state index contributed by atoms with van der Waals surface area (Å²) in [6.07, 6.45) is 5.19. The van der Waals surface area contributed by atoms with E-state index < -0.39 is 0 Å². The van der Waals surface area contributed by atoms with Crippen LogP contribution in [0.3, 0.4) is 0 Å². The molecule has 0 saturated heterocycles. The molecule has 0 bridgehead atoms. The summed E-state index contributed by atoms with van der Waals surface area (Å²) >= 11 is 1.14. The molecule has 8 nitrogen and oxygen atoms in total. The Morgan fingerprint density at radius 3 is 2.30 bits per heavy atom. The molecule has 4 aromatic carbocycles. The molecule has 44 heavy (non-hydrogen) atoms. The molecule has 0 aliphatic heterocycles. The second-order valence-electron chi connectivity index (χ2n) is 9.93. The number of benzene rings is 4. The van der Waals surface area contributed by atoms with Gasteiger partial charge in [0, 0.05) is 23.0 Å². The minimum absolute atomic E-state index is 0.0659. The molecule has 0 saturated carbocycles. The standard InChI is InChI=1S/C35H27N5O3S/c1-24-12-14-25(15-13-24)16-21-31(41)26-17-19-28(20-18-26)36-32(42)23-44-35-38-37-34(43-35)30-22-40(29-10-6-3-7-11-29)39-33(30)27-8-4-2-5-9-27/h2-22H,23H2,1H3,(H,36,42)/b21-16+. The summed E-state index contributed by atoms with van der Waals surface area (Å²) in [5.74, 6) is 0.0210. The highest BCUT2D eigenvalue weighted by Gasteiger charge is 2.20. The average Bonchev–Trinajstić information content (AvgIpc) is 3.72. The van der Waals surface area contributed by atoms with Gasteiger partial charge in [-0.1, -0.05) is 96.2 Å². The molecule has 2 aromatic heterocycles. The Labute approximate surface area is 258 Å². The van der Waals surface area contributed by atoms with Crippen LogP contribution < -0.4 is 5.32 Å². The summed E-state index contributed by atoms with van der Waals surface area (Å²) in [6.45, 7) is 2.02. The first kappa shape index (κ1) is 28.6. The fraction of sp³-hybridized carbons (Fsp3) is 0.0571. The van der Waals surface area contributed by atoms with Crippen molar-refractivity contribution >= 4 is 35.2 Å². The predicted molar refractivity (Wildman–Crippen MR) is 173 cm³/mol. The van der Waals surface area contributed by atoms with Crippen LogP contribution in [0.2, 0.25) is 0 Å². The minimum Gasteiger partial charge on any atom is -0.411 e. The van der Waals surface area contributed by atoms with Gasteiger partial charge in [-0.2, -0.15) is 5.10 Å². The highest BCUT2D eigenvalue weighted by Crippen LogP contribution is 2.32. The molecule has 0 aliphatic carbocycles. The van der Waals surface area contributed by atoms with Gasteiger partial charge >= 0.3 is 0 Å². The molecule has 0 unspecified atom stereocenters. The van der Waals surface area contributed by atoms with Gasteiger partial charge in [0.1, 0.15) is 5.69 Å². The normalized spacial score (nSPS) is 11.1. The number of aromatic nitrogens is 4. The molecule has 0 fully saturated rings. The molecule has 2 heterocycles. The van der Waals surface area contributed by atoms with E-state index in [1.165, 1.54) is 0 Å². The lowest BCUT2D eigenvalue weighted by molar-refractivity contribution is -0.113. The van der Waals surface area contributed by atoms with Crippen LogP contribution in [0.4, 0.5) is 5.69 Å². The van der Waals surface area contributed by atoms with Crippen LogP contribution >= 0.6 is 11.8 Å². The molecule has 0 atom stereocenters. The SMILES string of the molecule is Cc1ccc(/C=C/C(=O)c2ccc(NC(=O)CSc3nnc(-c4cn(-c5ccccc5)nc4-c4ccccc4)o3)cc2)cc1. The van der Waals surface area contributed by atoms with Crippen LogP contribution in [0.5, 0.6) is 0 Å². The van der Waals surface area contributed by atoms with Crippen molar-refractivity contribution in [2.45, 2.75) is 12.1 Å². The summed E-state index contributed by atoms with van der Waals surface area (Å²) in [6, 6.07) is 34.3. The Bertz CT molecular complexity index is 1910. The van der Waals surface area contributed by atoms with Crippen molar-refractivity contribution < 1.29 is 14.0 Å². The number of anilines is 1. The number of rotatable bonds is 10. The lowest BCUT2D eigenvalue weighted by atomic mass is 10.1. The third-order valence-corrected chi connectivity index (χ3v) is 7.52. The molecule has 1 N–H and O–H groups in total. The van der Waals surface area contributed by atoms with Gasteiger partial charge in [0.15, 0.2) is 5.78 Å². The van der Waals surface area contributed by atoms with E-state index in [2.05, 4.69) is 15.5 Å². The molecular weight excluding hydrogens is 570 g/mol. The third kappa shape index (κ3) is 6.91. The highest BCUT2D eigenvalue weighted by atomic mass is 32.2. The molecule has 6 rings (SSSR count). The van der Waals surface area contributed by atoms with E-state index in [-0.39, 0.29) is 22.7 Å². The van der Waals surface area contributed by atoms with Gasteiger partial charge in [0.2, 0.25) is 5.91 Å². The van der Waals surface area contributed by atoms with Gasteiger partial charge in [-0.05, 0) is 55.0 Å². The van der Waals surface area contributed by atoms with E-state index in [0.717, 1.165) is 34.1 Å². The quantitative estimate of drug-likeness (QED) is 0.0989. The van der Waals surface area contributed by atoms with E-state index in [1.54, 1.807) is 41.1 Å². The fourth-order valence-electron chi connectivity index (χ4n) is 4.42. The topological polar surface area (TPSA) is 103 Å². The summed E-state index contributed by atoms with van der Waals surface area (Å²) in [7, 11) is 0. The Hall–Kier alpha value is -5.54. The van der Waals surface area contributed by atoms with Crippen LogP contribution in [0.15, 0.2) is 131 Å². The van der Waals surface area contributed by atoms with Gasteiger partial charge in [-0.25, -0.2) is 4.68 Å². The average molecular weight is 598 g/mol. The first-order valence-electron chi connectivity index (χ1n) is 13.9. The number of carbonyl (C=O) groups is 2. The first-order valence-corrected chi connectivity index (χ1v) is 14.9. The zero-order valence-corrected chi connectivity index (χ0v) is 24.6. The van der Waals surface area contributed by atoms with Crippen LogP contribution in [0, 0.1) is 6.92 Å². The van der Waals surface area contributed by atoms with Crippen molar-refractivity contribution in [2.75, 3.05) is 11.1 Å². The van der Waals surface area contributed by atoms with Gasteiger partial charge in [-0.3, -0.25) is 9.59 Å². The third-order valence-electron chi connectivity index (χ3n) is 6.70. The summed E-state index contributed by atoms with van der Waals surface area (Å²) in [5, 5.41) is 16.3. The van der Waals surface area contributed by atoms with Crippen LogP contribution in [0.25, 0.3) is 34.5 Å². The van der Waals surface area contributed by atoms with E-state index in [4.69, 9.17) is 9.52 Å². The number of hydrogen-bond donors (Lipinski definition) is 1. The number of nitrogens with zero attached hydrogens (tertiary/aromatic N) is 4. The van der Waals surface area contributed by atoms with Gasteiger partial charge in [0.25, 0.3) is 11.1 Å². The molecular formula is C35H27N5O3S. The Kier molecular flexibility index (Phi) is 8.56. The molecule has 1 amide bonds. The van der Waals surface area contributed by atoms with Crippen molar-refractivity contribution in [3.8, 4) is 28.4 Å². The monoisotopic (exact) mass is 597 g/mol. The number of ketones is 1. The number of hydrogen-bond acceptors (Lipinski definition) is 7. The summed E-state index contributed by atoms with van der Waals surface area (Å²) < 4.78 is 7.73. The number of carbonyl (C=O) groups excluding carboxylic acids is 2. The maximum Gasteiger partial charge on any atom is 0.277 e. The van der Waals surface area contributed by atoms with Crippen LogP contribution in [-0.2, 0) is 4.79 Å². The maximum absolute atomic E-state index is 12.7. The number of allylic oxidation sites excluding steroid dienone is 1. The number of amides is 1. The Balaban J connectivity index is 1.08. The number of nitrogens with one attached hydrogen (secondary N) is 1. The number of thioether (sulfide) groups is 1. The second kappa shape index (κ2) is 13.2.